The second kappa shape index (κ2) is 5.50. The van der Waals surface area contributed by atoms with Gasteiger partial charge in [-0.15, -0.1) is 0 Å². The summed E-state index contributed by atoms with van der Waals surface area (Å²) in [5, 5.41) is 3.04. The molecule has 0 radical (unpaired) electrons. The molecule has 0 aliphatic rings. The number of unbranched alkanes of at least 4 members (excludes halogenated alkanes) is 1. The molecule has 0 spiro atoms. The Bertz CT molecular complexity index is 419. The predicted molar refractivity (Wildman–Crippen MR) is 59.2 cm³/mol. The maximum atomic E-state index is 11.3. The first kappa shape index (κ1) is 11.7. The molecule has 0 saturated heterocycles. The van der Waals surface area contributed by atoms with Crippen LogP contribution in [0.3, 0.4) is 0 Å². The van der Waals surface area contributed by atoms with Crippen LogP contribution in [0.15, 0.2) is 15.8 Å². The Labute approximate surface area is 88.1 Å². The molecule has 1 rings (SSSR count). The predicted octanol–water partition coefficient (Wildman–Crippen LogP) is -0.155. The maximum absolute atomic E-state index is 11.3. The number of nitrogens with one attached hydrogen (secondary N) is 2. The number of aromatic nitrogens is 2. The van der Waals surface area contributed by atoms with Gasteiger partial charge in [0.25, 0.3) is 5.56 Å². The van der Waals surface area contributed by atoms with Crippen molar-refractivity contribution >= 4 is 0 Å². The Hall–Kier alpha value is -1.36. The van der Waals surface area contributed by atoms with E-state index in [0.717, 1.165) is 19.4 Å². The molecule has 5 heteroatoms. The molecular weight excluding hydrogens is 194 g/mol. The molecule has 0 unspecified atom stereocenters. The highest BCUT2D eigenvalue weighted by molar-refractivity contribution is 5.00. The Kier molecular flexibility index (Phi) is 4.30. The van der Waals surface area contributed by atoms with Gasteiger partial charge in [0, 0.05) is 18.3 Å². The normalized spacial score (nSPS) is 10.5. The molecule has 0 atom stereocenters. The summed E-state index contributed by atoms with van der Waals surface area (Å²) in [5.41, 5.74) is -0.0512. The summed E-state index contributed by atoms with van der Waals surface area (Å²) in [6.07, 6.45) is 3.55. The van der Waals surface area contributed by atoms with Crippen LogP contribution in [0, 0.1) is 6.92 Å². The highest BCUT2D eigenvalue weighted by Gasteiger charge is 1.99. The van der Waals surface area contributed by atoms with Gasteiger partial charge in [0.1, 0.15) is 0 Å². The number of hydrogen-bond acceptors (Lipinski definition) is 3. The fourth-order valence-electron chi connectivity index (χ4n) is 1.37. The summed E-state index contributed by atoms with van der Waals surface area (Å²) < 4.78 is 1.55. The fourth-order valence-corrected chi connectivity index (χ4v) is 1.37. The van der Waals surface area contributed by atoms with Crippen LogP contribution in [-0.2, 0) is 6.54 Å². The lowest BCUT2D eigenvalue weighted by molar-refractivity contribution is 0.565. The van der Waals surface area contributed by atoms with Gasteiger partial charge in [0.2, 0.25) is 0 Å². The minimum Gasteiger partial charge on any atom is -0.320 e. The van der Waals surface area contributed by atoms with Crippen molar-refractivity contribution in [3.8, 4) is 0 Å². The highest BCUT2D eigenvalue weighted by Crippen LogP contribution is 1.91. The SMILES string of the molecule is CNCCCCn1cc(C)c(=O)[nH]c1=O. The number of rotatable bonds is 5. The van der Waals surface area contributed by atoms with Crippen LogP contribution in [-0.4, -0.2) is 23.1 Å². The van der Waals surface area contributed by atoms with Gasteiger partial charge >= 0.3 is 5.69 Å². The summed E-state index contributed by atoms with van der Waals surface area (Å²) in [5.74, 6) is 0. The third-order valence-electron chi connectivity index (χ3n) is 2.26. The lowest BCUT2D eigenvalue weighted by Gasteiger charge is -2.05. The molecule has 0 amide bonds. The Morgan fingerprint density at radius 3 is 2.80 bits per heavy atom. The van der Waals surface area contributed by atoms with Crippen LogP contribution in [0.25, 0.3) is 0 Å². The van der Waals surface area contributed by atoms with Crippen molar-refractivity contribution in [1.29, 1.82) is 0 Å². The smallest absolute Gasteiger partial charge is 0.320 e. The van der Waals surface area contributed by atoms with E-state index in [1.165, 1.54) is 0 Å². The number of aromatic amines is 1. The van der Waals surface area contributed by atoms with E-state index in [1.54, 1.807) is 17.7 Å². The largest absolute Gasteiger partial charge is 0.328 e. The fraction of sp³-hybridized carbons (Fsp3) is 0.600. The Morgan fingerprint density at radius 2 is 2.13 bits per heavy atom. The molecule has 84 valence electrons. The average molecular weight is 211 g/mol. The van der Waals surface area contributed by atoms with E-state index in [9.17, 15) is 9.59 Å². The van der Waals surface area contributed by atoms with Crippen LogP contribution in [0.5, 0.6) is 0 Å². The van der Waals surface area contributed by atoms with E-state index in [1.807, 2.05) is 7.05 Å². The van der Waals surface area contributed by atoms with E-state index >= 15 is 0 Å². The molecule has 0 aliphatic heterocycles. The lowest BCUT2D eigenvalue weighted by atomic mass is 10.3. The third-order valence-corrected chi connectivity index (χ3v) is 2.26. The molecule has 1 heterocycles. The molecule has 0 aliphatic carbocycles. The molecule has 5 nitrogen and oxygen atoms in total. The molecule has 1 aromatic heterocycles. The van der Waals surface area contributed by atoms with Crippen LogP contribution in [0.2, 0.25) is 0 Å². The van der Waals surface area contributed by atoms with E-state index in [-0.39, 0.29) is 11.2 Å². The third kappa shape index (κ3) is 3.36. The van der Waals surface area contributed by atoms with Crippen LogP contribution >= 0.6 is 0 Å². The van der Waals surface area contributed by atoms with Crippen LogP contribution in [0.4, 0.5) is 0 Å². The average Bonchev–Trinajstić information content (AvgIpc) is 2.20. The summed E-state index contributed by atoms with van der Waals surface area (Å²) >= 11 is 0. The van der Waals surface area contributed by atoms with Gasteiger partial charge in [0.05, 0.1) is 0 Å². The second-order valence-electron chi connectivity index (χ2n) is 3.58. The minimum absolute atomic E-state index is 0.300. The first-order chi connectivity index (χ1) is 7.15. The van der Waals surface area contributed by atoms with Gasteiger partial charge in [-0.05, 0) is 33.4 Å². The Morgan fingerprint density at radius 1 is 1.40 bits per heavy atom. The zero-order valence-corrected chi connectivity index (χ0v) is 9.17. The summed E-state index contributed by atoms with van der Waals surface area (Å²) in [7, 11) is 1.90. The van der Waals surface area contributed by atoms with Crippen molar-refractivity contribution in [2.24, 2.45) is 0 Å². The molecule has 2 N–H and O–H groups in total. The first-order valence-corrected chi connectivity index (χ1v) is 5.10. The summed E-state index contributed by atoms with van der Waals surface area (Å²) in [6.45, 7) is 3.29. The molecule has 15 heavy (non-hydrogen) atoms. The maximum Gasteiger partial charge on any atom is 0.328 e. The van der Waals surface area contributed by atoms with Crippen LogP contribution in [0.1, 0.15) is 18.4 Å². The monoisotopic (exact) mass is 211 g/mol. The van der Waals surface area contributed by atoms with Crippen LogP contribution < -0.4 is 16.6 Å². The number of aryl methyl sites for hydroxylation is 2. The van der Waals surface area contributed by atoms with Gasteiger partial charge in [-0.25, -0.2) is 4.79 Å². The van der Waals surface area contributed by atoms with Crippen molar-refractivity contribution in [1.82, 2.24) is 14.9 Å². The lowest BCUT2D eigenvalue weighted by Crippen LogP contribution is -2.30. The quantitative estimate of drug-likeness (QED) is 0.665. The van der Waals surface area contributed by atoms with Crippen molar-refractivity contribution < 1.29 is 0 Å². The van der Waals surface area contributed by atoms with Gasteiger partial charge < -0.3 is 9.88 Å². The molecule has 0 saturated carbocycles. The molecular formula is C10H17N3O2. The molecule has 1 aromatic rings. The summed E-state index contributed by atoms with van der Waals surface area (Å²) in [6, 6.07) is 0. The van der Waals surface area contributed by atoms with E-state index < -0.39 is 0 Å². The number of nitrogens with zero attached hydrogens (tertiary/aromatic N) is 1. The van der Waals surface area contributed by atoms with Gasteiger partial charge in [0.15, 0.2) is 0 Å². The van der Waals surface area contributed by atoms with Crippen molar-refractivity contribution in [2.75, 3.05) is 13.6 Å². The number of hydrogen-bond donors (Lipinski definition) is 2. The molecule has 0 bridgehead atoms. The zero-order chi connectivity index (χ0) is 11.3. The standard InChI is InChI=1S/C10H17N3O2/c1-8-7-13(6-4-3-5-11-2)10(15)12-9(8)14/h7,11H,3-6H2,1-2H3,(H,12,14,15). The van der Waals surface area contributed by atoms with Crippen molar-refractivity contribution in [3.63, 3.8) is 0 Å². The summed E-state index contributed by atoms with van der Waals surface area (Å²) in [4.78, 5) is 24.7. The minimum atomic E-state index is -0.324. The van der Waals surface area contributed by atoms with Gasteiger partial charge in [-0.2, -0.15) is 0 Å². The van der Waals surface area contributed by atoms with E-state index in [4.69, 9.17) is 0 Å². The van der Waals surface area contributed by atoms with E-state index in [0.29, 0.717) is 12.1 Å². The topological polar surface area (TPSA) is 66.9 Å². The first-order valence-electron chi connectivity index (χ1n) is 5.10. The molecule has 0 fully saturated rings. The van der Waals surface area contributed by atoms with E-state index in [2.05, 4.69) is 10.3 Å². The van der Waals surface area contributed by atoms with Gasteiger partial charge in [-0.1, -0.05) is 0 Å². The second-order valence-corrected chi connectivity index (χ2v) is 3.58. The number of H-pyrrole nitrogens is 1. The van der Waals surface area contributed by atoms with Gasteiger partial charge in [-0.3, -0.25) is 9.78 Å². The van der Waals surface area contributed by atoms with Crippen molar-refractivity contribution in [3.05, 3.63) is 32.6 Å². The zero-order valence-electron chi connectivity index (χ0n) is 9.17. The Balaban J connectivity index is 2.66. The molecule has 0 aromatic carbocycles. The highest BCUT2D eigenvalue weighted by atomic mass is 16.2. The van der Waals surface area contributed by atoms with Crippen molar-refractivity contribution in [2.45, 2.75) is 26.3 Å².